The topological polar surface area (TPSA) is 55.0 Å². The summed E-state index contributed by atoms with van der Waals surface area (Å²) in [5.41, 5.74) is 6.77. The fourth-order valence-corrected chi connectivity index (χ4v) is 3.66. The smallest absolute Gasteiger partial charge is 0.144 e. The first kappa shape index (κ1) is 11.9. The number of aromatic nitrogens is 2. The molecule has 2 fully saturated rings. The number of anilines is 1. The van der Waals surface area contributed by atoms with Crippen LogP contribution in [-0.4, -0.2) is 27.5 Å². The standard InChI is InChI=1S/C14H22N4/c1-10-8-13(15)17-14(16-10)9-18-7-3-5-11-4-2-6-12(11)18/h8,11-12H,2-7,9H2,1H3,(H2,15,16,17). The fourth-order valence-electron chi connectivity index (χ4n) is 3.66. The first-order chi connectivity index (χ1) is 8.72. The highest BCUT2D eigenvalue weighted by Crippen LogP contribution is 2.37. The minimum absolute atomic E-state index is 0.595. The van der Waals surface area contributed by atoms with E-state index in [1.54, 1.807) is 0 Å². The first-order valence-corrected chi connectivity index (χ1v) is 7.06. The largest absolute Gasteiger partial charge is 0.384 e. The average Bonchev–Trinajstić information content (AvgIpc) is 2.76. The van der Waals surface area contributed by atoms with E-state index >= 15 is 0 Å². The Morgan fingerprint density at radius 3 is 2.94 bits per heavy atom. The van der Waals surface area contributed by atoms with Crippen LogP contribution in [0.15, 0.2) is 6.07 Å². The molecule has 1 saturated carbocycles. The molecule has 2 N–H and O–H groups in total. The van der Waals surface area contributed by atoms with E-state index in [1.807, 2.05) is 13.0 Å². The van der Waals surface area contributed by atoms with E-state index in [4.69, 9.17) is 5.73 Å². The number of aryl methyl sites for hydroxylation is 1. The Kier molecular flexibility index (Phi) is 3.20. The Labute approximate surface area is 109 Å². The number of piperidine rings is 1. The van der Waals surface area contributed by atoms with Crippen molar-refractivity contribution in [2.24, 2.45) is 5.92 Å². The van der Waals surface area contributed by atoms with Crippen molar-refractivity contribution in [2.75, 3.05) is 12.3 Å². The van der Waals surface area contributed by atoms with Crippen LogP contribution in [0.25, 0.3) is 0 Å². The van der Waals surface area contributed by atoms with Crippen molar-refractivity contribution in [3.05, 3.63) is 17.6 Å². The monoisotopic (exact) mass is 246 g/mol. The van der Waals surface area contributed by atoms with E-state index in [-0.39, 0.29) is 0 Å². The predicted molar refractivity (Wildman–Crippen MR) is 72.0 cm³/mol. The Bertz CT molecular complexity index is 412. The van der Waals surface area contributed by atoms with Gasteiger partial charge in [-0.2, -0.15) is 0 Å². The minimum atomic E-state index is 0.595. The highest BCUT2D eigenvalue weighted by atomic mass is 15.2. The van der Waals surface area contributed by atoms with Crippen LogP contribution in [0.2, 0.25) is 0 Å². The zero-order valence-electron chi connectivity index (χ0n) is 11.1. The van der Waals surface area contributed by atoms with E-state index in [0.717, 1.165) is 30.0 Å². The van der Waals surface area contributed by atoms with E-state index in [9.17, 15) is 0 Å². The number of hydrogen-bond acceptors (Lipinski definition) is 4. The molecule has 2 aliphatic rings. The number of rotatable bonds is 2. The maximum atomic E-state index is 5.80. The average molecular weight is 246 g/mol. The molecule has 18 heavy (non-hydrogen) atoms. The van der Waals surface area contributed by atoms with Gasteiger partial charge in [-0.3, -0.25) is 4.90 Å². The van der Waals surface area contributed by atoms with Crippen molar-refractivity contribution in [3.63, 3.8) is 0 Å². The van der Waals surface area contributed by atoms with Crippen molar-refractivity contribution in [2.45, 2.75) is 51.6 Å². The number of hydrogen-bond donors (Lipinski definition) is 1. The summed E-state index contributed by atoms with van der Waals surface area (Å²) in [6, 6.07) is 2.60. The molecule has 1 saturated heterocycles. The van der Waals surface area contributed by atoms with E-state index in [0.29, 0.717) is 5.82 Å². The maximum absolute atomic E-state index is 5.80. The molecule has 1 aromatic heterocycles. The van der Waals surface area contributed by atoms with Crippen LogP contribution in [0.1, 0.15) is 43.6 Å². The quantitative estimate of drug-likeness (QED) is 0.868. The fraction of sp³-hybridized carbons (Fsp3) is 0.714. The second-order valence-electron chi connectivity index (χ2n) is 5.72. The summed E-state index contributed by atoms with van der Waals surface area (Å²) in [7, 11) is 0. The lowest BCUT2D eigenvalue weighted by Gasteiger charge is -2.37. The van der Waals surface area contributed by atoms with Gasteiger partial charge in [-0.1, -0.05) is 6.42 Å². The van der Waals surface area contributed by atoms with Crippen LogP contribution in [-0.2, 0) is 6.54 Å². The van der Waals surface area contributed by atoms with Gasteiger partial charge >= 0.3 is 0 Å². The number of nitrogens with two attached hydrogens (primary N) is 1. The number of fused-ring (bicyclic) bond motifs is 1. The van der Waals surface area contributed by atoms with E-state index in [1.165, 1.54) is 38.6 Å². The molecule has 0 amide bonds. The highest BCUT2D eigenvalue weighted by molar-refractivity contribution is 5.29. The Balaban J connectivity index is 1.74. The van der Waals surface area contributed by atoms with E-state index in [2.05, 4.69) is 14.9 Å². The van der Waals surface area contributed by atoms with Crippen molar-refractivity contribution < 1.29 is 0 Å². The SMILES string of the molecule is Cc1cc(N)nc(CN2CCCC3CCCC32)n1. The van der Waals surface area contributed by atoms with Crippen LogP contribution in [0.3, 0.4) is 0 Å². The third-order valence-electron chi connectivity index (χ3n) is 4.37. The van der Waals surface area contributed by atoms with Gasteiger partial charge in [-0.15, -0.1) is 0 Å². The van der Waals surface area contributed by atoms with Gasteiger partial charge in [0.05, 0.1) is 6.54 Å². The molecule has 2 atom stereocenters. The van der Waals surface area contributed by atoms with Crippen molar-refractivity contribution in [3.8, 4) is 0 Å². The maximum Gasteiger partial charge on any atom is 0.144 e. The van der Waals surface area contributed by atoms with Gasteiger partial charge in [0.25, 0.3) is 0 Å². The van der Waals surface area contributed by atoms with Gasteiger partial charge in [-0.25, -0.2) is 9.97 Å². The third-order valence-corrected chi connectivity index (χ3v) is 4.37. The molecule has 0 aromatic carbocycles. The Hall–Kier alpha value is -1.16. The van der Waals surface area contributed by atoms with Crippen LogP contribution in [0, 0.1) is 12.8 Å². The molecular weight excluding hydrogens is 224 g/mol. The van der Waals surface area contributed by atoms with Crippen molar-refractivity contribution in [1.82, 2.24) is 14.9 Å². The summed E-state index contributed by atoms with van der Waals surface area (Å²) < 4.78 is 0. The first-order valence-electron chi connectivity index (χ1n) is 7.06. The molecule has 2 heterocycles. The van der Waals surface area contributed by atoms with Gasteiger partial charge in [0.1, 0.15) is 11.6 Å². The van der Waals surface area contributed by atoms with Gasteiger partial charge in [0.15, 0.2) is 0 Å². The van der Waals surface area contributed by atoms with Gasteiger partial charge in [0.2, 0.25) is 0 Å². The summed E-state index contributed by atoms with van der Waals surface area (Å²) in [6.45, 7) is 4.04. The van der Waals surface area contributed by atoms with Gasteiger partial charge < -0.3 is 5.73 Å². The second kappa shape index (κ2) is 4.84. The Morgan fingerprint density at radius 1 is 1.28 bits per heavy atom. The Morgan fingerprint density at radius 2 is 2.11 bits per heavy atom. The molecule has 1 aliphatic heterocycles. The molecule has 0 radical (unpaired) electrons. The van der Waals surface area contributed by atoms with Crippen molar-refractivity contribution >= 4 is 5.82 Å². The van der Waals surface area contributed by atoms with Gasteiger partial charge in [-0.05, 0) is 45.1 Å². The lowest BCUT2D eigenvalue weighted by atomic mass is 9.92. The number of nitrogen functional groups attached to an aromatic ring is 1. The van der Waals surface area contributed by atoms with Crippen LogP contribution in [0.5, 0.6) is 0 Å². The summed E-state index contributed by atoms with van der Waals surface area (Å²) >= 11 is 0. The second-order valence-corrected chi connectivity index (χ2v) is 5.72. The molecule has 2 unspecified atom stereocenters. The molecule has 98 valence electrons. The van der Waals surface area contributed by atoms with Crippen LogP contribution >= 0.6 is 0 Å². The van der Waals surface area contributed by atoms with Gasteiger partial charge in [0, 0.05) is 17.8 Å². The number of nitrogens with zero attached hydrogens (tertiary/aromatic N) is 3. The summed E-state index contributed by atoms with van der Waals surface area (Å²) in [6.07, 6.45) is 6.90. The highest BCUT2D eigenvalue weighted by Gasteiger charge is 2.35. The molecule has 0 spiro atoms. The molecule has 3 rings (SSSR count). The molecule has 1 aromatic rings. The lowest BCUT2D eigenvalue weighted by molar-refractivity contribution is 0.103. The zero-order valence-corrected chi connectivity index (χ0v) is 11.1. The molecule has 4 nitrogen and oxygen atoms in total. The van der Waals surface area contributed by atoms with Crippen LogP contribution in [0.4, 0.5) is 5.82 Å². The predicted octanol–water partition coefficient (Wildman–Crippen LogP) is 2.13. The molecule has 0 bridgehead atoms. The van der Waals surface area contributed by atoms with E-state index < -0.39 is 0 Å². The minimum Gasteiger partial charge on any atom is -0.384 e. The normalized spacial score (nSPS) is 28.3. The molecule has 4 heteroatoms. The van der Waals surface area contributed by atoms with Crippen molar-refractivity contribution in [1.29, 1.82) is 0 Å². The third kappa shape index (κ3) is 2.34. The summed E-state index contributed by atoms with van der Waals surface area (Å²) in [5, 5.41) is 0. The lowest BCUT2D eigenvalue weighted by Crippen LogP contribution is -2.42. The number of likely N-dealkylation sites (tertiary alicyclic amines) is 1. The molecule has 1 aliphatic carbocycles. The summed E-state index contributed by atoms with van der Waals surface area (Å²) in [4.78, 5) is 11.5. The molecular formula is C14H22N4. The zero-order chi connectivity index (χ0) is 12.5. The summed E-state index contributed by atoms with van der Waals surface area (Å²) in [5.74, 6) is 2.40. The van der Waals surface area contributed by atoms with Crippen LogP contribution < -0.4 is 5.73 Å².